The SMILES string of the molecule is CSCCC(NC(=O)C(Cc1ccccc1)NC(=O)C(CS)NC(=O)C(N)CCCCN)C(=O)O. The van der Waals surface area contributed by atoms with Gasteiger partial charge in [0.1, 0.15) is 18.1 Å². The number of rotatable bonds is 17. The maximum atomic E-state index is 13.0. The number of unbranched alkanes of at least 4 members (excludes halogenated alkanes) is 1. The molecule has 0 fully saturated rings. The zero-order valence-corrected chi connectivity index (χ0v) is 21.7. The van der Waals surface area contributed by atoms with Crippen LogP contribution in [-0.4, -0.2) is 77.3 Å². The van der Waals surface area contributed by atoms with Gasteiger partial charge in [0.25, 0.3) is 0 Å². The summed E-state index contributed by atoms with van der Waals surface area (Å²) in [6.07, 6.45) is 4.07. The molecule has 0 saturated heterocycles. The van der Waals surface area contributed by atoms with Crippen LogP contribution in [0.15, 0.2) is 30.3 Å². The molecule has 1 rings (SSSR count). The predicted molar refractivity (Wildman–Crippen MR) is 141 cm³/mol. The van der Waals surface area contributed by atoms with Gasteiger partial charge >= 0.3 is 5.97 Å². The molecular formula is C23H37N5O5S2. The van der Waals surface area contributed by atoms with Crippen molar-refractivity contribution in [3.8, 4) is 0 Å². The van der Waals surface area contributed by atoms with E-state index in [4.69, 9.17) is 11.5 Å². The molecule has 35 heavy (non-hydrogen) atoms. The summed E-state index contributed by atoms with van der Waals surface area (Å²) in [4.78, 5) is 50.0. The summed E-state index contributed by atoms with van der Waals surface area (Å²) < 4.78 is 0. The van der Waals surface area contributed by atoms with Crippen LogP contribution in [0.3, 0.4) is 0 Å². The van der Waals surface area contributed by atoms with Crippen LogP contribution in [0, 0.1) is 0 Å². The fourth-order valence-corrected chi connectivity index (χ4v) is 3.94. The van der Waals surface area contributed by atoms with Gasteiger partial charge in [0.2, 0.25) is 17.7 Å². The molecule has 0 aliphatic carbocycles. The van der Waals surface area contributed by atoms with E-state index in [0.29, 0.717) is 25.1 Å². The molecule has 4 unspecified atom stereocenters. The van der Waals surface area contributed by atoms with E-state index in [9.17, 15) is 24.3 Å². The van der Waals surface area contributed by atoms with Crippen molar-refractivity contribution in [3.63, 3.8) is 0 Å². The lowest BCUT2D eigenvalue weighted by Gasteiger charge is -2.24. The van der Waals surface area contributed by atoms with Crippen molar-refractivity contribution in [2.75, 3.05) is 24.3 Å². The number of carboxylic acids is 1. The number of carboxylic acid groups (broad SMARTS) is 1. The van der Waals surface area contributed by atoms with Crippen LogP contribution < -0.4 is 27.4 Å². The number of nitrogens with one attached hydrogen (secondary N) is 3. The lowest BCUT2D eigenvalue weighted by molar-refractivity contribution is -0.142. The van der Waals surface area contributed by atoms with Gasteiger partial charge in [-0.05, 0) is 43.4 Å². The maximum absolute atomic E-state index is 13.0. The molecule has 0 heterocycles. The van der Waals surface area contributed by atoms with Gasteiger partial charge in [-0.15, -0.1) is 0 Å². The van der Waals surface area contributed by atoms with E-state index in [1.54, 1.807) is 24.3 Å². The second-order valence-electron chi connectivity index (χ2n) is 8.07. The highest BCUT2D eigenvalue weighted by Crippen LogP contribution is 2.07. The normalized spacial score (nSPS) is 14.3. The Kier molecular flexibility index (Phi) is 15.1. The van der Waals surface area contributed by atoms with Gasteiger partial charge in [-0.3, -0.25) is 14.4 Å². The number of nitrogens with two attached hydrogens (primary N) is 2. The second kappa shape index (κ2) is 17.2. The third kappa shape index (κ3) is 11.8. The van der Waals surface area contributed by atoms with Crippen molar-refractivity contribution >= 4 is 48.1 Å². The number of carbonyl (C=O) groups excluding carboxylic acids is 3. The molecule has 0 radical (unpaired) electrons. The highest BCUT2D eigenvalue weighted by Gasteiger charge is 2.30. The highest BCUT2D eigenvalue weighted by molar-refractivity contribution is 7.98. The van der Waals surface area contributed by atoms with E-state index in [0.717, 1.165) is 12.0 Å². The molecular weight excluding hydrogens is 490 g/mol. The van der Waals surface area contributed by atoms with Crippen LogP contribution in [0.2, 0.25) is 0 Å². The monoisotopic (exact) mass is 527 g/mol. The largest absolute Gasteiger partial charge is 0.480 e. The quantitative estimate of drug-likeness (QED) is 0.109. The Morgan fingerprint density at radius 2 is 1.54 bits per heavy atom. The van der Waals surface area contributed by atoms with Gasteiger partial charge < -0.3 is 32.5 Å². The van der Waals surface area contributed by atoms with Crippen LogP contribution in [0.1, 0.15) is 31.2 Å². The average molecular weight is 528 g/mol. The zero-order chi connectivity index (χ0) is 26.2. The lowest BCUT2D eigenvalue weighted by Crippen LogP contribution is -2.58. The Morgan fingerprint density at radius 3 is 2.11 bits per heavy atom. The predicted octanol–water partition coefficient (Wildman–Crippen LogP) is -0.0927. The molecule has 1 aromatic rings. The van der Waals surface area contributed by atoms with Crippen LogP contribution in [0.25, 0.3) is 0 Å². The van der Waals surface area contributed by atoms with E-state index in [-0.39, 0.29) is 18.6 Å². The first-order valence-corrected chi connectivity index (χ1v) is 13.5. The average Bonchev–Trinajstić information content (AvgIpc) is 2.84. The number of thioether (sulfide) groups is 1. The third-order valence-corrected chi connectivity index (χ3v) is 6.27. The van der Waals surface area contributed by atoms with Gasteiger partial charge in [-0.2, -0.15) is 24.4 Å². The first-order valence-electron chi connectivity index (χ1n) is 11.5. The number of thiol groups is 1. The molecule has 0 aromatic heterocycles. The smallest absolute Gasteiger partial charge is 0.326 e. The van der Waals surface area contributed by atoms with E-state index >= 15 is 0 Å². The molecule has 0 aliphatic rings. The summed E-state index contributed by atoms with van der Waals surface area (Å²) in [6, 6.07) is 5.05. The molecule has 0 bridgehead atoms. The summed E-state index contributed by atoms with van der Waals surface area (Å²) in [5.74, 6) is -2.36. The summed E-state index contributed by atoms with van der Waals surface area (Å²) in [5.41, 5.74) is 12.1. The maximum Gasteiger partial charge on any atom is 0.326 e. The first-order chi connectivity index (χ1) is 16.7. The van der Waals surface area contributed by atoms with Gasteiger partial charge in [-0.25, -0.2) is 4.79 Å². The van der Waals surface area contributed by atoms with Gasteiger partial charge in [-0.1, -0.05) is 36.8 Å². The number of benzene rings is 1. The Morgan fingerprint density at radius 1 is 0.943 bits per heavy atom. The molecule has 3 amide bonds. The van der Waals surface area contributed by atoms with Crippen molar-refractivity contribution in [1.82, 2.24) is 16.0 Å². The number of hydrogen-bond acceptors (Lipinski definition) is 8. The van der Waals surface area contributed by atoms with Gasteiger partial charge in [0, 0.05) is 12.2 Å². The van der Waals surface area contributed by atoms with Crippen LogP contribution >= 0.6 is 24.4 Å². The minimum atomic E-state index is -1.15. The minimum absolute atomic E-state index is 0.0156. The zero-order valence-electron chi connectivity index (χ0n) is 19.9. The highest BCUT2D eigenvalue weighted by atomic mass is 32.2. The molecule has 0 aliphatic heterocycles. The first kappa shape index (κ1) is 30.8. The van der Waals surface area contributed by atoms with Crippen LogP contribution in [0.4, 0.5) is 0 Å². The molecule has 196 valence electrons. The number of carbonyl (C=O) groups is 4. The van der Waals surface area contributed by atoms with Crippen molar-refractivity contribution in [2.24, 2.45) is 11.5 Å². The Balaban J connectivity index is 2.93. The summed E-state index contributed by atoms with van der Waals surface area (Å²) in [7, 11) is 0. The van der Waals surface area contributed by atoms with E-state index in [2.05, 4.69) is 28.6 Å². The van der Waals surface area contributed by atoms with E-state index in [1.165, 1.54) is 11.8 Å². The summed E-state index contributed by atoms with van der Waals surface area (Å²) in [5, 5.41) is 17.2. The minimum Gasteiger partial charge on any atom is -0.480 e. The van der Waals surface area contributed by atoms with Crippen molar-refractivity contribution < 1.29 is 24.3 Å². The fourth-order valence-electron chi connectivity index (χ4n) is 3.21. The topological polar surface area (TPSA) is 177 Å². The fraction of sp³-hybridized carbons (Fsp3) is 0.565. The summed E-state index contributed by atoms with van der Waals surface area (Å²) in [6.45, 7) is 0.501. The Labute approximate surface area is 216 Å². The van der Waals surface area contributed by atoms with Crippen molar-refractivity contribution in [3.05, 3.63) is 35.9 Å². The van der Waals surface area contributed by atoms with Gasteiger partial charge in [0.15, 0.2) is 0 Å². The molecule has 10 nitrogen and oxygen atoms in total. The molecule has 8 N–H and O–H groups in total. The standard InChI is InChI=1S/C23H37N5O5S2/c1-35-12-10-17(23(32)33)26-21(30)18(13-15-7-3-2-4-8-15)27-22(31)19(14-34)28-20(29)16(25)9-5-6-11-24/h2-4,7-8,16-19,34H,5-6,9-14,24-25H2,1H3,(H,26,30)(H,27,31)(H,28,29)(H,32,33). The summed E-state index contributed by atoms with van der Waals surface area (Å²) >= 11 is 5.63. The Hall–Kier alpha value is -2.28. The molecule has 0 spiro atoms. The van der Waals surface area contributed by atoms with Crippen LogP contribution in [0.5, 0.6) is 0 Å². The molecule has 1 aromatic carbocycles. The van der Waals surface area contributed by atoms with Crippen molar-refractivity contribution in [1.29, 1.82) is 0 Å². The lowest BCUT2D eigenvalue weighted by atomic mass is 10.0. The van der Waals surface area contributed by atoms with E-state index < -0.39 is 47.9 Å². The second-order valence-corrected chi connectivity index (χ2v) is 9.42. The van der Waals surface area contributed by atoms with Crippen LogP contribution in [-0.2, 0) is 25.6 Å². The van der Waals surface area contributed by atoms with E-state index in [1.807, 2.05) is 12.3 Å². The van der Waals surface area contributed by atoms with Crippen molar-refractivity contribution in [2.45, 2.75) is 56.3 Å². The third-order valence-electron chi connectivity index (χ3n) is 5.26. The molecule has 0 saturated carbocycles. The number of aliphatic carboxylic acids is 1. The molecule has 12 heteroatoms. The van der Waals surface area contributed by atoms with Gasteiger partial charge in [0.05, 0.1) is 6.04 Å². The number of amides is 3. The number of hydrogen-bond donors (Lipinski definition) is 7. The Bertz CT molecular complexity index is 815. The molecule has 4 atom stereocenters.